The lowest BCUT2D eigenvalue weighted by Crippen LogP contribution is -2.39. The average Bonchev–Trinajstić information content (AvgIpc) is 2.95. The van der Waals surface area contributed by atoms with Crippen LogP contribution in [0.15, 0.2) is 64.6 Å². The number of ether oxygens (including phenoxy) is 5. The topological polar surface area (TPSA) is 125 Å². The van der Waals surface area contributed by atoms with Crippen molar-refractivity contribution >= 4 is 27.8 Å². The first kappa shape index (κ1) is 29.1. The van der Waals surface area contributed by atoms with Crippen LogP contribution in [-0.2, 0) is 14.8 Å². The SMILES string of the molecule is COc1ccc(N(CC(=O)N/N=C\c2cc(OC)c(OC)c(OC)c2)S(=O)(=O)c2ccc(C)cc2)cc1OC. The number of hydrazone groups is 1. The quantitative estimate of drug-likeness (QED) is 0.265. The van der Waals surface area contributed by atoms with Crippen LogP contribution in [0.4, 0.5) is 5.69 Å². The average molecular weight is 558 g/mol. The minimum Gasteiger partial charge on any atom is -0.493 e. The minimum absolute atomic E-state index is 0.0246. The van der Waals surface area contributed by atoms with Gasteiger partial charge in [-0.15, -0.1) is 0 Å². The molecule has 0 unspecified atom stereocenters. The van der Waals surface area contributed by atoms with E-state index in [-0.39, 0.29) is 10.6 Å². The molecule has 3 aromatic rings. The summed E-state index contributed by atoms with van der Waals surface area (Å²) in [5, 5.41) is 3.98. The van der Waals surface area contributed by atoms with E-state index in [9.17, 15) is 13.2 Å². The largest absolute Gasteiger partial charge is 0.493 e. The van der Waals surface area contributed by atoms with Gasteiger partial charge in [-0.2, -0.15) is 5.10 Å². The van der Waals surface area contributed by atoms with Gasteiger partial charge in [-0.25, -0.2) is 13.8 Å². The van der Waals surface area contributed by atoms with E-state index in [1.54, 1.807) is 30.3 Å². The van der Waals surface area contributed by atoms with Crippen LogP contribution in [0.5, 0.6) is 28.7 Å². The van der Waals surface area contributed by atoms with Crippen LogP contribution in [0, 0.1) is 6.92 Å². The first-order chi connectivity index (χ1) is 18.7. The number of nitrogens with zero attached hydrogens (tertiary/aromatic N) is 2. The third-order valence-electron chi connectivity index (χ3n) is 5.64. The molecule has 39 heavy (non-hydrogen) atoms. The Morgan fingerprint density at radius 3 is 1.95 bits per heavy atom. The van der Waals surface area contributed by atoms with E-state index in [1.807, 2.05) is 6.92 Å². The van der Waals surface area contributed by atoms with Crippen LogP contribution in [0.2, 0.25) is 0 Å². The number of anilines is 1. The number of benzene rings is 3. The zero-order chi connectivity index (χ0) is 28.6. The molecule has 0 saturated heterocycles. The zero-order valence-electron chi connectivity index (χ0n) is 22.5. The molecule has 11 nitrogen and oxygen atoms in total. The second-order valence-corrected chi connectivity index (χ2v) is 9.98. The van der Waals surface area contributed by atoms with Crippen LogP contribution in [0.3, 0.4) is 0 Å². The van der Waals surface area contributed by atoms with Crippen LogP contribution in [0.1, 0.15) is 11.1 Å². The Bertz CT molecular complexity index is 1410. The summed E-state index contributed by atoms with van der Waals surface area (Å²) in [6, 6.07) is 14.2. The summed E-state index contributed by atoms with van der Waals surface area (Å²) in [5.41, 5.74) is 4.02. The maximum Gasteiger partial charge on any atom is 0.264 e. The first-order valence-corrected chi connectivity index (χ1v) is 13.1. The Labute approximate surface area is 227 Å². The molecule has 1 N–H and O–H groups in total. The van der Waals surface area contributed by atoms with Crippen molar-refractivity contribution in [2.24, 2.45) is 5.10 Å². The van der Waals surface area contributed by atoms with Crippen molar-refractivity contribution in [3.63, 3.8) is 0 Å². The van der Waals surface area contributed by atoms with Crippen LogP contribution in [0.25, 0.3) is 0 Å². The van der Waals surface area contributed by atoms with E-state index in [4.69, 9.17) is 23.7 Å². The Balaban J connectivity index is 1.91. The third kappa shape index (κ3) is 6.71. The van der Waals surface area contributed by atoms with E-state index in [1.165, 1.54) is 66.0 Å². The van der Waals surface area contributed by atoms with E-state index >= 15 is 0 Å². The summed E-state index contributed by atoms with van der Waals surface area (Å²) in [6.07, 6.45) is 1.37. The number of rotatable bonds is 12. The molecule has 0 radical (unpaired) electrons. The molecule has 0 saturated carbocycles. The molecule has 0 atom stereocenters. The molecule has 0 aliphatic carbocycles. The lowest BCUT2D eigenvalue weighted by molar-refractivity contribution is -0.119. The number of methoxy groups -OCH3 is 5. The summed E-state index contributed by atoms with van der Waals surface area (Å²) in [7, 11) is 3.23. The van der Waals surface area contributed by atoms with Gasteiger partial charge in [0.15, 0.2) is 23.0 Å². The highest BCUT2D eigenvalue weighted by Crippen LogP contribution is 2.38. The number of hydrogen-bond donors (Lipinski definition) is 1. The monoisotopic (exact) mass is 557 g/mol. The molecular formula is C27H31N3O8S. The van der Waals surface area contributed by atoms with Gasteiger partial charge in [-0.05, 0) is 43.3 Å². The second-order valence-electron chi connectivity index (χ2n) is 8.12. The Hall–Kier alpha value is -4.45. The smallest absolute Gasteiger partial charge is 0.264 e. The first-order valence-electron chi connectivity index (χ1n) is 11.6. The van der Waals surface area contributed by atoms with Crippen molar-refractivity contribution in [1.29, 1.82) is 0 Å². The molecule has 0 aromatic heterocycles. The molecule has 3 aromatic carbocycles. The fraction of sp³-hybridized carbons (Fsp3) is 0.259. The Morgan fingerprint density at radius 2 is 1.41 bits per heavy atom. The van der Waals surface area contributed by atoms with E-state index < -0.39 is 22.5 Å². The van der Waals surface area contributed by atoms with Crippen LogP contribution in [-0.4, -0.2) is 62.6 Å². The van der Waals surface area contributed by atoms with Gasteiger partial charge in [0, 0.05) is 11.6 Å². The molecule has 3 rings (SSSR count). The summed E-state index contributed by atoms with van der Waals surface area (Å²) < 4.78 is 54.8. The molecule has 0 fully saturated rings. The summed E-state index contributed by atoms with van der Waals surface area (Å²) in [4.78, 5) is 12.9. The molecule has 208 valence electrons. The number of sulfonamides is 1. The van der Waals surface area contributed by atoms with Crippen molar-refractivity contribution in [2.45, 2.75) is 11.8 Å². The summed E-state index contributed by atoms with van der Waals surface area (Å²) in [5.74, 6) is 1.27. The normalized spacial score (nSPS) is 11.1. The van der Waals surface area contributed by atoms with E-state index in [2.05, 4.69) is 10.5 Å². The minimum atomic E-state index is -4.14. The number of carbonyl (C=O) groups excluding carboxylic acids is 1. The molecule has 0 bridgehead atoms. The zero-order valence-corrected chi connectivity index (χ0v) is 23.4. The van der Waals surface area contributed by atoms with Gasteiger partial charge in [0.1, 0.15) is 6.54 Å². The number of hydrogen-bond acceptors (Lipinski definition) is 9. The van der Waals surface area contributed by atoms with Crippen molar-refractivity contribution < 1.29 is 36.9 Å². The third-order valence-corrected chi connectivity index (χ3v) is 7.43. The fourth-order valence-corrected chi connectivity index (χ4v) is 5.07. The molecule has 1 amide bonds. The highest BCUT2D eigenvalue weighted by Gasteiger charge is 2.28. The van der Waals surface area contributed by atoms with Gasteiger partial charge in [0.25, 0.3) is 15.9 Å². The molecule has 12 heteroatoms. The number of nitrogens with one attached hydrogen (secondary N) is 1. The van der Waals surface area contributed by atoms with E-state index in [0.717, 1.165) is 9.87 Å². The van der Waals surface area contributed by atoms with Gasteiger partial charge in [0.2, 0.25) is 5.75 Å². The summed E-state index contributed by atoms with van der Waals surface area (Å²) in [6.45, 7) is 1.29. The number of aryl methyl sites for hydroxylation is 1. The maximum atomic E-state index is 13.6. The molecule has 0 aliphatic heterocycles. The lowest BCUT2D eigenvalue weighted by atomic mass is 10.2. The lowest BCUT2D eigenvalue weighted by Gasteiger charge is -2.24. The molecule has 0 heterocycles. The maximum absolute atomic E-state index is 13.6. The second kappa shape index (κ2) is 12.9. The number of amides is 1. The van der Waals surface area contributed by atoms with E-state index in [0.29, 0.717) is 34.3 Å². The fourth-order valence-electron chi connectivity index (χ4n) is 3.65. The summed E-state index contributed by atoms with van der Waals surface area (Å²) >= 11 is 0. The van der Waals surface area contributed by atoms with Crippen LogP contribution < -0.4 is 33.4 Å². The molecule has 0 aliphatic rings. The van der Waals surface area contributed by atoms with Crippen LogP contribution >= 0.6 is 0 Å². The highest BCUT2D eigenvalue weighted by molar-refractivity contribution is 7.92. The van der Waals surface area contributed by atoms with Gasteiger partial charge in [0.05, 0.1) is 52.3 Å². The van der Waals surface area contributed by atoms with Crippen molar-refractivity contribution in [2.75, 3.05) is 46.4 Å². The Kier molecular flexibility index (Phi) is 9.61. The molecular weight excluding hydrogens is 526 g/mol. The Morgan fingerprint density at radius 1 is 0.821 bits per heavy atom. The predicted molar refractivity (Wildman–Crippen MR) is 147 cm³/mol. The van der Waals surface area contributed by atoms with Gasteiger partial charge in [-0.3, -0.25) is 9.10 Å². The predicted octanol–water partition coefficient (Wildman–Crippen LogP) is 3.38. The number of carbonyl (C=O) groups is 1. The van der Waals surface area contributed by atoms with Gasteiger partial charge in [-0.1, -0.05) is 17.7 Å². The highest BCUT2D eigenvalue weighted by atomic mass is 32.2. The van der Waals surface area contributed by atoms with Crippen molar-refractivity contribution in [3.8, 4) is 28.7 Å². The standard InChI is InChI=1S/C27H31N3O8S/c1-18-7-10-21(11-8-18)39(32,33)30(20-9-12-22(34-2)23(15-20)35-3)17-26(31)29-28-16-19-13-24(36-4)27(38-6)25(14-19)37-5/h7-16H,17H2,1-6H3,(H,29,31)/b28-16-. The van der Waals surface area contributed by atoms with Crippen molar-refractivity contribution in [3.05, 3.63) is 65.7 Å². The molecule has 0 spiro atoms. The van der Waals surface area contributed by atoms with Crippen molar-refractivity contribution in [1.82, 2.24) is 5.43 Å². The van der Waals surface area contributed by atoms with Gasteiger partial charge >= 0.3 is 0 Å². The van der Waals surface area contributed by atoms with Gasteiger partial charge < -0.3 is 23.7 Å².